The molecule has 0 radical (unpaired) electrons. The Morgan fingerprint density at radius 3 is 2.80 bits per heavy atom. The summed E-state index contributed by atoms with van der Waals surface area (Å²) in [5, 5.41) is 8.59. The highest BCUT2D eigenvalue weighted by molar-refractivity contribution is 7.98. The summed E-state index contributed by atoms with van der Waals surface area (Å²) in [4.78, 5) is 11.6. The van der Waals surface area contributed by atoms with Crippen molar-refractivity contribution in [3.63, 3.8) is 0 Å². The second kappa shape index (κ2) is 8.02. The molecule has 2 heterocycles. The number of ether oxygens (including phenoxy) is 1. The normalized spacial score (nSPS) is 12.1. The quantitative estimate of drug-likeness (QED) is 0.465. The molecule has 0 bridgehead atoms. The second-order valence-corrected chi connectivity index (χ2v) is 6.44. The SMILES string of the molecule is COC(=O)c1ccoc1CSc1nnc(CC(C)c2ccccc2)o1. The van der Waals surface area contributed by atoms with E-state index in [4.69, 9.17) is 13.6 Å². The molecule has 6 nitrogen and oxygen atoms in total. The lowest BCUT2D eigenvalue weighted by molar-refractivity contribution is 0.0598. The van der Waals surface area contributed by atoms with E-state index in [0.29, 0.717) is 34.6 Å². The van der Waals surface area contributed by atoms with E-state index in [9.17, 15) is 4.79 Å². The topological polar surface area (TPSA) is 78.4 Å². The van der Waals surface area contributed by atoms with Crippen molar-refractivity contribution in [2.75, 3.05) is 7.11 Å². The first kappa shape index (κ1) is 17.3. The molecule has 0 aliphatic heterocycles. The van der Waals surface area contributed by atoms with Crippen LogP contribution in [0.25, 0.3) is 0 Å². The van der Waals surface area contributed by atoms with Gasteiger partial charge in [0.25, 0.3) is 5.22 Å². The van der Waals surface area contributed by atoms with Crippen LogP contribution in [0.2, 0.25) is 0 Å². The molecular weight excluding hydrogens is 340 g/mol. The zero-order valence-electron chi connectivity index (χ0n) is 14.0. The van der Waals surface area contributed by atoms with E-state index in [2.05, 4.69) is 29.3 Å². The number of rotatable bonds is 7. The highest BCUT2D eigenvalue weighted by Crippen LogP contribution is 2.26. The minimum Gasteiger partial charge on any atom is -0.468 e. The van der Waals surface area contributed by atoms with E-state index >= 15 is 0 Å². The van der Waals surface area contributed by atoms with Crippen LogP contribution in [0.15, 0.2) is 56.7 Å². The number of nitrogens with zero attached hydrogens (tertiary/aromatic N) is 2. The molecule has 25 heavy (non-hydrogen) atoms. The number of hydrogen-bond acceptors (Lipinski definition) is 7. The maximum absolute atomic E-state index is 11.6. The first-order valence-corrected chi connectivity index (χ1v) is 8.80. The zero-order valence-corrected chi connectivity index (χ0v) is 14.8. The predicted molar refractivity (Wildman–Crippen MR) is 92.5 cm³/mol. The van der Waals surface area contributed by atoms with Crippen LogP contribution in [0.5, 0.6) is 0 Å². The number of thioether (sulfide) groups is 1. The number of furan rings is 1. The molecule has 2 aromatic heterocycles. The molecule has 0 fully saturated rings. The van der Waals surface area contributed by atoms with Crippen LogP contribution in [0.3, 0.4) is 0 Å². The Bertz CT molecular complexity index is 828. The Morgan fingerprint density at radius 1 is 1.24 bits per heavy atom. The minimum absolute atomic E-state index is 0.288. The molecule has 0 aliphatic carbocycles. The van der Waals surface area contributed by atoms with E-state index in [0.717, 1.165) is 0 Å². The Labute approximate surface area is 149 Å². The third-order valence-corrected chi connectivity index (χ3v) is 4.59. The summed E-state index contributed by atoms with van der Waals surface area (Å²) in [7, 11) is 1.34. The van der Waals surface area contributed by atoms with Crippen molar-refractivity contribution < 1.29 is 18.4 Å². The Hall–Kier alpha value is -2.54. The Kier molecular flexibility index (Phi) is 5.55. The third-order valence-electron chi connectivity index (χ3n) is 3.78. The molecular formula is C18H18N2O4S. The van der Waals surface area contributed by atoms with Gasteiger partial charge >= 0.3 is 5.97 Å². The van der Waals surface area contributed by atoms with Crippen LogP contribution in [0.4, 0.5) is 0 Å². The molecule has 1 atom stereocenters. The van der Waals surface area contributed by atoms with Crippen LogP contribution in [-0.2, 0) is 16.9 Å². The van der Waals surface area contributed by atoms with Crippen molar-refractivity contribution in [3.8, 4) is 0 Å². The van der Waals surface area contributed by atoms with Crippen molar-refractivity contribution in [2.45, 2.75) is 30.2 Å². The van der Waals surface area contributed by atoms with Crippen molar-refractivity contribution in [3.05, 3.63) is 65.4 Å². The number of carbonyl (C=O) groups is 1. The monoisotopic (exact) mass is 358 g/mol. The molecule has 0 amide bonds. The first-order chi connectivity index (χ1) is 12.2. The molecule has 1 aromatic carbocycles. The van der Waals surface area contributed by atoms with E-state index in [1.807, 2.05) is 18.2 Å². The summed E-state index contributed by atoms with van der Waals surface area (Å²) in [6, 6.07) is 11.8. The average Bonchev–Trinajstić information content (AvgIpc) is 3.29. The number of esters is 1. The smallest absolute Gasteiger partial charge is 0.341 e. The van der Waals surface area contributed by atoms with Gasteiger partial charge in [0.1, 0.15) is 11.3 Å². The van der Waals surface area contributed by atoms with Crippen molar-refractivity contribution >= 4 is 17.7 Å². The lowest BCUT2D eigenvalue weighted by Gasteiger charge is -2.08. The third kappa shape index (κ3) is 4.30. The van der Waals surface area contributed by atoms with Crippen molar-refractivity contribution in [1.29, 1.82) is 0 Å². The van der Waals surface area contributed by atoms with E-state index in [1.165, 1.54) is 30.7 Å². The fourth-order valence-corrected chi connectivity index (χ4v) is 3.14. The number of hydrogen-bond donors (Lipinski definition) is 0. The standard InChI is InChI=1S/C18H18N2O4S/c1-12(13-6-4-3-5-7-13)10-16-19-20-18(24-16)25-11-15-14(8-9-23-15)17(21)22-2/h3-9,12H,10-11H2,1-2H3. The van der Waals surface area contributed by atoms with Crippen LogP contribution in [0, 0.1) is 0 Å². The molecule has 7 heteroatoms. The van der Waals surface area contributed by atoms with Gasteiger partial charge in [0.15, 0.2) is 0 Å². The van der Waals surface area contributed by atoms with Crippen LogP contribution < -0.4 is 0 Å². The molecule has 0 spiro atoms. The molecule has 0 N–H and O–H groups in total. The van der Waals surface area contributed by atoms with Gasteiger partial charge in [-0.3, -0.25) is 0 Å². The Morgan fingerprint density at radius 2 is 2.04 bits per heavy atom. The summed E-state index contributed by atoms with van der Waals surface area (Å²) in [5.41, 5.74) is 1.64. The van der Waals surface area contributed by atoms with Gasteiger partial charge in [-0.25, -0.2) is 4.79 Å². The largest absolute Gasteiger partial charge is 0.468 e. The maximum atomic E-state index is 11.6. The molecule has 1 unspecified atom stereocenters. The van der Waals surface area contributed by atoms with Crippen LogP contribution in [0.1, 0.15) is 40.4 Å². The zero-order chi connectivity index (χ0) is 17.6. The molecule has 3 rings (SSSR count). The summed E-state index contributed by atoms with van der Waals surface area (Å²) in [6.45, 7) is 2.12. The van der Waals surface area contributed by atoms with Crippen molar-refractivity contribution in [1.82, 2.24) is 10.2 Å². The van der Waals surface area contributed by atoms with Gasteiger partial charge < -0.3 is 13.6 Å². The highest BCUT2D eigenvalue weighted by atomic mass is 32.2. The number of methoxy groups -OCH3 is 1. The lowest BCUT2D eigenvalue weighted by Crippen LogP contribution is -2.02. The van der Waals surface area contributed by atoms with E-state index < -0.39 is 5.97 Å². The van der Waals surface area contributed by atoms with Gasteiger partial charge in [0, 0.05) is 6.42 Å². The van der Waals surface area contributed by atoms with Gasteiger partial charge in [-0.2, -0.15) is 0 Å². The minimum atomic E-state index is -0.424. The number of benzene rings is 1. The van der Waals surface area contributed by atoms with Gasteiger partial charge in [0.2, 0.25) is 5.89 Å². The molecule has 0 saturated carbocycles. The summed E-state index contributed by atoms with van der Waals surface area (Å²) in [5.74, 6) is 1.39. The van der Waals surface area contributed by atoms with E-state index in [-0.39, 0.29) is 5.92 Å². The second-order valence-electron chi connectivity index (χ2n) is 5.52. The van der Waals surface area contributed by atoms with Gasteiger partial charge in [0.05, 0.1) is 19.1 Å². The average molecular weight is 358 g/mol. The molecule has 3 aromatic rings. The van der Waals surface area contributed by atoms with Gasteiger partial charge in [-0.15, -0.1) is 10.2 Å². The maximum Gasteiger partial charge on any atom is 0.341 e. The molecule has 130 valence electrons. The lowest BCUT2D eigenvalue weighted by atomic mass is 9.98. The summed E-state index contributed by atoms with van der Waals surface area (Å²) >= 11 is 1.32. The van der Waals surface area contributed by atoms with Crippen molar-refractivity contribution in [2.24, 2.45) is 0 Å². The number of aromatic nitrogens is 2. The fraction of sp³-hybridized carbons (Fsp3) is 0.278. The molecule has 0 aliphatic rings. The molecule has 0 saturated heterocycles. The van der Waals surface area contributed by atoms with Gasteiger partial charge in [-0.1, -0.05) is 49.0 Å². The van der Waals surface area contributed by atoms with E-state index in [1.54, 1.807) is 6.07 Å². The van der Waals surface area contributed by atoms with Gasteiger partial charge in [-0.05, 0) is 17.5 Å². The first-order valence-electron chi connectivity index (χ1n) is 7.82. The van der Waals surface area contributed by atoms with Crippen LogP contribution >= 0.6 is 11.8 Å². The Balaban J connectivity index is 1.59. The highest BCUT2D eigenvalue weighted by Gasteiger charge is 2.17. The predicted octanol–water partition coefficient (Wildman–Crippen LogP) is 4.09. The summed E-state index contributed by atoms with van der Waals surface area (Å²) in [6.07, 6.45) is 2.13. The number of carbonyl (C=O) groups excluding carboxylic acids is 1. The fourth-order valence-electron chi connectivity index (χ4n) is 2.41. The summed E-state index contributed by atoms with van der Waals surface area (Å²) < 4.78 is 15.7. The van der Waals surface area contributed by atoms with Crippen LogP contribution in [-0.4, -0.2) is 23.3 Å².